The van der Waals surface area contributed by atoms with E-state index in [1.165, 1.54) is 24.3 Å². The lowest BCUT2D eigenvalue weighted by Crippen LogP contribution is -2.22. The monoisotopic (exact) mass is 390 g/mol. The predicted molar refractivity (Wildman–Crippen MR) is 92.0 cm³/mol. The zero-order chi connectivity index (χ0) is 19.7. The molecule has 1 aliphatic rings. The first-order valence-corrected chi connectivity index (χ1v) is 9.82. The van der Waals surface area contributed by atoms with E-state index in [1.54, 1.807) is 6.92 Å². The fourth-order valence-electron chi connectivity index (χ4n) is 3.47. The molecule has 144 valence electrons. The first-order valence-electron chi connectivity index (χ1n) is 8.01. The molecule has 0 radical (unpaired) electrons. The summed E-state index contributed by atoms with van der Waals surface area (Å²) in [6.07, 6.45) is -3.14. The van der Waals surface area contributed by atoms with Crippen molar-refractivity contribution in [1.29, 1.82) is 0 Å². The van der Waals surface area contributed by atoms with Crippen LogP contribution in [-0.4, -0.2) is 32.5 Å². The maximum Gasteiger partial charge on any atom is 0.416 e. The van der Waals surface area contributed by atoms with Gasteiger partial charge in [-0.25, -0.2) is 0 Å². The van der Waals surface area contributed by atoms with Crippen LogP contribution in [-0.2, 0) is 20.5 Å². The minimum Gasteiger partial charge on any atom is -0.396 e. The van der Waals surface area contributed by atoms with Gasteiger partial charge in [-0.3, -0.25) is 4.18 Å². The molecular formula is C18H21F3O4S. The number of allylic oxidation sites excluding steroid dienone is 2. The third-order valence-electron chi connectivity index (χ3n) is 4.46. The SMILES string of the molecule is C=CC1=C(C(C)CO)[C@@H](OS(C)(=O)=O)CC1c1ccccc1C(F)(F)F. The van der Waals surface area contributed by atoms with Crippen LogP contribution >= 0.6 is 0 Å². The molecule has 0 fully saturated rings. The van der Waals surface area contributed by atoms with Gasteiger partial charge >= 0.3 is 6.18 Å². The van der Waals surface area contributed by atoms with Gasteiger partial charge in [-0.05, 0) is 29.2 Å². The highest BCUT2D eigenvalue weighted by Crippen LogP contribution is 2.47. The molecule has 0 aliphatic heterocycles. The smallest absolute Gasteiger partial charge is 0.396 e. The molecule has 0 saturated heterocycles. The molecule has 1 aromatic rings. The highest BCUT2D eigenvalue weighted by molar-refractivity contribution is 7.86. The fraction of sp³-hybridized carbons (Fsp3) is 0.444. The summed E-state index contributed by atoms with van der Waals surface area (Å²) in [6, 6.07) is 5.18. The van der Waals surface area contributed by atoms with Crippen LogP contribution in [0.25, 0.3) is 0 Å². The van der Waals surface area contributed by atoms with Crippen LogP contribution < -0.4 is 0 Å². The van der Waals surface area contributed by atoms with Crippen molar-refractivity contribution in [1.82, 2.24) is 0 Å². The van der Waals surface area contributed by atoms with E-state index < -0.39 is 39.8 Å². The van der Waals surface area contributed by atoms with E-state index in [2.05, 4.69) is 6.58 Å². The second-order valence-electron chi connectivity index (χ2n) is 6.36. The normalized spacial score (nSPS) is 22.5. The lowest BCUT2D eigenvalue weighted by Gasteiger charge is -2.19. The maximum absolute atomic E-state index is 13.4. The molecule has 1 aliphatic carbocycles. The van der Waals surface area contributed by atoms with E-state index in [0.717, 1.165) is 12.3 Å². The average Bonchev–Trinajstić information content (AvgIpc) is 2.89. The maximum atomic E-state index is 13.4. The molecule has 0 aromatic heterocycles. The van der Waals surface area contributed by atoms with Crippen LogP contribution in [0.5, 0.6) is 0 Å². The van der Waals surface area contributed by atoms with Crippen LogP contribution in [0, 0.1) is 5.92 Å². The first-order chi connectivity index (χ1) is 12.0. The van der Waals surface area contributed by atoms with Crippen molar-refractivity contribution in [3.05, 3.63) is 59.2 Å². The van der Waals surface area contributed by atoms with Gasteiger partial charge in [0.1, 0.15) is 0 Å². The molecule has 0 bridgehead atoms. The Morgan fingerprint density at radius 3 is 2.50 bits per heavy atom. The summed E-state index contributed by atoms with van der Waals surface area (Å²) >= 11 is 0. The Bertz CT molecular complexity index is 812. The molecule has 1 aromatic carbocycles. The van der Waals surface area contributed by atoms with Gasteiger partial charge in [-0.1, -0.05) is 37.8 Å². The summed E-state index contributed by atoms with van der Waals surface area (Å²) in [6.45, 7) is 5.06. The van der Waals surface area contributed by atoms with E-state index in [1.807, 2.05) is 0 Å². The fourth-order valence-corrected chi connectivity index (χ4v) is 4.08. The second kappa shape index (κ2) is 7.54. The zero-order valence-corrected chi connectivity index (χ0v) is 15.3. The van der Waals surface area contributed by atoms with Gasteiger partial charge in [0.05, 0.1) is 17.9 Å². The van der Waals surface area contributed by atoms with E-state index in [0.29, 0.717) is 11.1 Å². The van der Waals surface area contributed by atoms with Gasteiger partial charge in [0.25, 0.3) is 10.1 Å². The molecule has 0 spiro atoms. The van der Waals surface area contributed by atoms with Crippen molar-refractivity contribution in [2.24, 2.45) is 5.92 Å². The minimum absolute atomic E-state index is 0.0290. The Hall–Kier alpha value is -1.64. The number of aliphatic hydroxyl groups is 1. The molecule has 1 N–H and O–H groups in total. The minimum atomic E-state index is -4.54. The van der Waals surface area contributed by atoms with Gasteiger partial charge in [-0.15, -0.1) is 0 Å². The number of aliphatic hydroxyl groups excluding tert-OH is 1. The molecule has 3 atom stereocenters. The van der Waals surface area contributed by atoms with Gasteiger partial charge < -0.3 is 5.11 Å². The lowest BCUT2D eigenvalue weighted by atomic mass is 9.87. The summed E-state index contributed by atoms with van der Waals surface area (Å²) in [7, 11) is -3.83. The van der Waals surface area contributed by atoms with Gasteiger partial charge in [0.15, 0.2) is 0 Å². The highest BCUT2D eigenvalue weighted by Gasteiger charge is 2.42. The van der Waals surface area contributed by atoms with Crippen molar-refractivity contribution in [2.45, 2.75) is 31.5 Å². The largest absolute Gasteiger partial charge is 0.416 e. The quantitative estimate of drug-likeness (QED) is 0.753. The van der Waals surface area contributed by atoms with Crippen molar-refractivity contribution in [2.75, 3.05) is 12.9 Å². The third kappa shape index (κ3) is 4.36. The summed E-state index contributed by atoms with van der Waals surface area (Å²) in [5.74, 6) is -1.20. The van der Waals surface area contributed by atoms with Gasteiger partial charge in [0.2, 0.25) is 0 Å². The number of hydrogen-bond acceptors (Lipinski definition) is 4. The van der Waals surface area contributed by atoms with Crippen molar-refractivity contribution < 1.29 is 30.9 Å². The number of alkyl halides is 3. The Labute approximate surface area is 151 Å². The molecule has 0 amide bonds. The second-order valence-corrected chi connectivity index (χ2v) is 7.96. The van der Waals surface area contributed by atoms with Crippen molar-refractivity contribution >= 4 is 10.1 Å². The number of rotatable bonds is 6. The number of halogens is 3. The van der Waals surface area contributed by atoms with Crippen molar-refractivity contribution in [3.8, 4) is 0 Å². The van der Waals surface area contributed by atoms with Gasteiger partial charge in [-0.2, -0.15) is 21.6 Å². The summed E-state index contributed by atoms with van der Waals surface area (Å²) < 4.78 is 68.5. The van der Waals surface area contributed by atoms with Crippen LogP contribution in [0.2, 0.25) is 0 Å². The number of hydrogen-bond donors (Lipinski definition) is 1. The standard InChI is InChI=1S/C18H21F3O4S/c1-4-12-14(13-7-5-6-8-15(13)18(19,20)21)9-16(25-26(3,23)24)17(12)11(2)10-22/h4-8,11,14,16,22H,1,9-10H2,2-3H3/t11?,14?,16-/m0/s1. The summed E-state index contributed by atoms with van der Waals surface area (Å²) in [4.78, 5) is 0. The van der Waals surface area contributed by atoms with Crippen LogP contribution in [0.3, 0.4) is 0 Å². The Morgan fingerprint density at radius 2 is 2.00 bits per heavy atom. The topological polar surface area (TPSA) is 63.6 Å². The van der Waals surface area contributed by atoms with E-state index in [4.69, 9.17) is 4.18 Å². The number of benzene rings is 1. The summed E-state index contributed by atoms with van der Waals surface area (Å²) in [5.41, 5.74) is 0.198. The molecule has 26 heavy (non-hydrogen) atoms. The van der Waals surface area contributed by atoms with Crippen molar-refractivity contribution in [3.63, 3.8) is 0 Å². The molecular weight excluding hydrogens is 369 g/mol. The summed E-state index contributed by atoms with van der Waals surface area (Å²) in [5, 5.41) is 9.51. The van der Waals surface area contributed by atoms with Crippen LogP contribution in [0.4, 0.5) is 13.2 Å². The highest BCUT2D eigenvalue weighted by atomic mass is 32.2. The Kier molecular flexibility index (Phi) is 5.99. The molecule has 8 heteroatoms. The van der Waals surface area contributed by atoms with E-state index >= 15 is 0 Å². The molecule has 4 nitrogen and oxygen atoms in total. The zero-order valence-electron chi connectivity index (χ0n) is 14.5. The Morgan fingerprint density at radius 1 is 1.38 bits per heavy atom. The van der Waals surface area contributed by atoms with Gasteiger partial charge in [0, 0.05) is 18.4 Å². The molecule has 2 rings (SSSR count). The van der Waals surface area contributed by atoms with Crippen LogP contribution in [0.15, 0.2) is 48.1 Å². The van der Waals surface area contributed by atoms with E-state index in [-0.39, 0.29) is 18.6 Å². The molecule has 0 heterocycles. The Balaban J connectivity index is 2.61. The van der Waals surface area contributed by atoms with E-state index in [9.17, 15) is 26.7 Å². The lowest BCUT2D eigenvalue weighted by molar-refractivity contribution is -0.138. The molecule has 2 unspecified atom stereocenters. The predicted octanol–water partition coefficient (Wildman–Crippen LogP) is 3.65. The molecule has 0 saturated carbocycles. The average molecular weight is 390 g/mol. The third-order valence-corrected chi connectivity index (χ3v) is 5.04. The van der Waals surface area contributed by atoms with Crippen LogP contribution in [0.1, 0.15) is 30.4 Å². The first kappa shape index (κ1) is 20.7.